The van der Waals surface area contributed by atoms with Crippen LogP contribution in [0.15, 0.2) is 0 Å². The van der Waals surface area contributed by atoms with E-state index in [2.05, 4.69) is 41.5 Å². The number of aliphatic hydroxyl groups is 1. The Morgan fingerprint density at radius 3 is 0.747 bits per heavy atom. The highest BCUT2D eigenvalue weighted by atomic mass is 31.2. The molecule has 91 heavy (non-hydrogen) atoms. The molecule has 0 amide bonds. The van der Waals surface area contributed by atoms with Crippen LogP contribution in [0.1, 0.15) is 369 Å². The number of ether oxygens (including phenoxy) is 4. The van der Waals surface area contributed by atoms with Crippen LogP contribution in [0.3, 0.4) is 0 Å². The normalized spacial score (nSPS) is 14.1. The predicted molar refractivity (Wildman–Crippen MR) is 368 cm³/mol. The summed E-state index contributed by atoms with van der Waals surface area (Å²) in [5.41, 5.74) is 0. The number of phosphoric ester groups is 2. The highest BCUT2D eigenvalue weighted by Gasteiger charge is 2.30. The van der Waals surface area contributed by atoms with Crippen LogP contribution in [0.5, 0.6) is 0 Å². The first-order valence-electron chi connectivity index (χ1n) is 37.5. The Hall–Kier alpha value is -1.94. The topological polar surface area (TPSA) is 237 Å². The molecule has 0 aliphatic carbocycles. The molecule has 0 radical (unpaired) electrons. The lowest BCUT2D eigenvalue weighted by molar-refractivity contribution is -0.161. The lowest BCUT2D eigenvalue weighted by atomic mass is 10.0. The third-order valence-electron chi connectivity index (χ3n) is 16.7. The Kier molecular flexibility index (Phi) is 62.7. The molecule has 0 spiro atoms. The molecule has 0 saturated carbocycles. The summed E-state index contributed by atoms with van der Waals surface area (Å²) in [4.78, 5) is 72.5. The van der Waals surface area contributed by atoms with Crippen LogP contribution in [-0.2, 0) is 65.4 Å². The van der Waals surface area contributed by atoms with E-state index in [0.29, 0.717) is 25.7 Å². The van der Waals surface area contributed by atoms with Gasteiger partial charge in [0, 0.05) is 25.7 Å². The average molecular weight is 1340 g/mol. The van der Waals surface area contributed by atoms with E-state index in [-0.39, 0.29) is 25.7 Å². The van der Waals surface area contributed by atoms with Crippen molar-refractivity contribution in [2.24, 2.45) is 11.8 Å². The van der Waals surface area contributed by atoms with E-state index >= 15 is 0 Å². The zero-order valence-corrected chi connectivity index (χ0v) is 60.9. The van der Waals surface area contributed by atoms with E-state index in [9.17, 15) is 43.2 Å². The molecule has 540 valence electrons. The summed E-state index contributed by atoms with van der Waals surface area (Å²) < 4.78 is 68.2. The van der Waals surface area contributed by atoms with Gasteiger partial charge >= 0.3 is 39.5 Å². The lowest BCUT2D eigenvalue weighted by Gasteiger charge is -2.21. The molecule has 0 aromatic rings. The molecule has 19 heteroatoms. The maximum Gasteiger partial charge on any atom is 0.472 e. The van der Waals surface area contributed by atoms with Crippen LogP contribution in [0.25, 0.3) is 0 Å². The van der Waals surface area contributed by atoms with Gasteiger partial charge in [-0.3, -0.25) is 37.3 Å². The molecular weight excluding hydrogens is 1200 g/mol. The minimum atomic E-state index is -4.95. The van der Waals surface area contributed by atoms with Crippen molar-refractivity contribution in [2.45, 2.75) is 387 Å². The molecule has 2 unspecified atom stereocenters. The van der Waals surface area contributed by atoms with E-state index < -0.39 is 97.5 Å². The minimum absolute atomic E-state index is 0.106. The molecule has 17 nitrogen and oxygen atoms in total. The summed E-state index contributed by atoms with van der Waals surface area (Å²) in [6, 6.07) is 0. The third kappa shape index (κ3) is 66.5. The number of carbonyl (C=O) groups excluding carboxylic acids is 4. The molecule has 5 atom stereocenters. The SMILES string of the molecule is CCCCCCCCCCCC(=O)O[C@H](COC(=O)CCCCCCCCCC)COP(=O)(O)OC[C@H](O)COP(=O)(O)OC[C@@H](COC(=O)CCCCCCCCCCCCCCCCC(C)C)OC(=O)CCCCCCCCCCCCCCCCC(C)C. The fraction of sp³-hybridized carbons (Fsp3) is 0.944. The van der Waals surface area contributed by atoms with E-state index in [1.54, 1.807) is 0 Å². The predicted octanol–water partition coefficient (Wildman–Crippen LogP) is 20.8. The maximum atomic E-state index is 13.0. The fourth-order valence-corrected chi connectivity index (χ4v) is 12.5. The molecule has 3 N–H and O–H groups in total. The van der Waals surface area contributed by atoms with Gasteiger partial charge in [-0.05, 0) is 37.5 Å². The second kappa shape index (κ2) is 64.1. The van der Waals surface area contributed by atoms with Crippen LogP contribution in [0.4, 0.5) is 0 Å². The van der Waals surface area contributed by atoms with Crippen molar-refractivity contribution in [1.82, 2.24) is 0 Å². The number of unbranched alkanes of at least 4 members (excludes halogenated alkanes) is 41. The van der Waals surface area contributed by atoms with Gasteiger partial charge in [-0.2, -0.15) is 0 Å². The Morgan fingerprint density at radius 1 is 0.297 bits per heavy atom. The number of rotatable bonds is 71. The first-order valence-corrected chi connectivity index (χ1v) is 40.5. The van der Waals surface area contributed by atoms with Gasteiger partial charge in [-0.25, -0.2) is 9.13 Å². The van der Waals surface area contributed by atoms with Crippen molar-refractivity contribution in [1.29, 1.82) is 0 Å². The van der Waals surface area contributed by atoms with Crippen LogP contribution >= 0.6 is 15.6 Å². The van der Waals surface area contributed by atoms with Crippen LogP contribution in [0, 0.1) is 11.8 Å². The van der Waals surface area contributed by atoms with E-state index in [4.69, 9.17) is 37.0 Å². The van der Waals surface area contributed by atoms with Gasteiger partial charge in [0.05, 0.1) is 26.4 Å². The summed E-state index contributed by atoms with van der Waals surface area (Å²) in [7, 11) is -9.90. The summed E-state index contributed by atoms with van der Waals surface area (Å²) in [5, 5.41) is 10.6. The molecule has 0 rings (SSSR count). The molecule has 0 aliphatic heterocycles. The molecular formula is C72H140O17P2. The van der Waals surface area contributed by atoms with Crippen LogP contribution in [0.2, 0.25) is 0 Å². The van der Waals surface area contributed by atoms with Gasteiger partial charge in [0.2, 0.25) is 0 Å². The minimum Gasteiger partial charge on any atom is -0.462 e. The zero-order chi connectivity index (χ0) is 67.2. The summed E-state index contributed by atoms with van der Waals surface area (Å²) in [6.07, 6.45) is 50.0. The maximum absolute atomic E-state index is 13.0. The van der Waals surface area contributed by atoms with Crippen molar-refractivity contribution in [3.63, 3.8) is 0 Å². The molecule has 0 bridgehead atoms. The zero-order valence-electron chi connectivity index (χ0n) is 59.1. The average Bonchev–Trinajstić information content (AvgIpc) is 2.93. The standard InChI is InChI=1S/C72H140O17P2/c1-7-9-11-13-15-29-38-44-50-56-71(76)88-67(60-82-69(74)54-48-42-36-16-14-12-10-8-2)62-86-90(78,79)84-58-66(73)59-85-91(80,81)87-63-68(89-72(77)57-51-45-39-33-28-24-20-18-22-26-31-35-41-47-53-65(5)6)61-83-70(75)55-49-43-37-32-27-23-19-17-21-25-30-34-40-46-52-64(3)4/h64-68,73H,7-63H2,1-6H3,(H,78,79)(H,80,81)/t66-,67+,68+/m0/s1. The van der Waals surface area contributed by atoms with Gasteiger partial charge in [0.15, 0.2) is 12.2 Å². The summed E-state index contributed by atoms with van der Waals surface area (Å²) in [6.45, 7) is 9.57. The highest BCUT2D eigenvalue weighted by molar-refractivity contribution is 7.47. The highest BCUT2D eigenvalue weighted by Crippen LogP contribution is 2.45. The number of carbonyl (C=O) groups is 4. The van der Waals surface area contributed by atoms with Crippen LogP contribution < -0.4 is 0 Å². The molecule has 0 aromatic carbocycles. The molecule has 0 saturated heterocycles. The van der Waals surface area contributed by atoms with E-state index in [0.717, 1.165) is 108 Å². The van der Waals surface area contributed by atoms with Crippen molar-refractivity contribution in [3.05, 3.63) is 0 Å². The van der Waals surface area contributed by atoms with Crippen molar-refractivity contribution >= 4 is 39.5 Å². The monoisotopic (exact) mass is 1340 g/mol. The largest absolute Gasteiger partial charge is 0.472 e. The van der Waals surface area contributed by atoms with Gasteiger partial charge in [0.25, 0.3) is 0 Å². The number of esters is 4. The van der Waals surface area contributed by atoms with Crippen molar-refractivity contribution in [2.75, 3.05) is 39.6 Å². The van der Waals surface area contributed by atoms with Crippen molar-refractivity contribution in [3.8, 4) is 0 Å². The van der Waals surface area contributed by atoms with E-state index in [1.807, 2.05) is 0 Å². The first kappa shape index (κ1) is 89.1. The third-order valence-corrected chi connectivity index (χ3v) is 18.6. The Bertz CT molecular complexity index is 1770. The number of aliphatic hydroxyl groups excluding tert-OH is 1. The number of hydrogen-bond acceptors (Lipinski definition) is 15. The Balaban J connectivity index is 5.19. The molecule has 0 fully saturated rings. The molecule has 0 aliphatic rings. The number of phosphoric acid groups is 2. The smallest absolute Gasteiger partial charge is 0.462 e. The van der Waals surface area contributed by atoms with E-state index in [1.165, 1.54) is 180 Å². The van der Waals surface area contributed by atoms with Gasteiger partial charge in [0.1, 0.15) is 19.3 Å². The Labute approximate surface area is 556 Å². The second-order valence-corrected chi connectivity index (χ2v) is 29.8. The summed E-state index contributed by atoms with van der Waals surface area (Å²) in [5.74, 6) is -0.530. The number of hydrogen-bond donors (Lipinski definition) is 3. The second-order valence-electron chi connectivity index (χ2n) is 26.9. The van der Waals surface area contributed by atoms with Crippen LogP contribution in [-0.4, -0.2) is 96.7 Å². The van der Waals surface area contributed by atoms with Gasteiger partial charge in [-0.15, -0.1) is 0 Å². The lowest BCUT2D eigenvalue weighted by Crippen LogP contribution is -2.30. The molecule has 0 aromatic heterocycles. The first-order chi connectivity index (χ1) is 43.9. The molecule has 0 heterocycles. The van der Waals surface area contributed by atoms with Crippen molar-refractivity contribution < 1.29 is 80.2 Å². The summed E-state index contributed by atoms with van der Waals surface area (Å²) >= 11 is 0. The van der Waals surface area contributed by atoms with Gasteiger partial charge in [-0.1, -0.05) is 318 Å². The van der Waals surface area contributed by atoms with Gasteiger partial charge < -0.3 is 33.8 Å². The Morgan fingerprint density at radius 2 is 0.505 bits per heavy atom. The fourth-order valence-electron chi connectivity index (χ4n) is 10.9. The quantitative estimate of drug-likeness (QED) is 0.0222.